The molecule has 1 saturated carbocycles. The van der Waals surface area contributed by atoms with E-state index in [1.807, 2.05) is 12.1 Å². The summed E-state index contributed by atoms with van der Waals surface area (Å²) in [5.41, 5.74) is 7.60. The topological polar surface area (TPSA) is 120 Å². The summed E-state index contributed by atoms with van der Waals surface area (Å²) in [4.78, 5) is 25.3. The van der Waals surface area contributed by atoms with E-state index in [9.17, 15) is 9.90 Å². The van der Waals surface area contributed by atoms with Gasteiger partial charge in [0.15, 0.2) is 11.5 Å². The largest absolute Gasteiger partial charge is 0.393 e. The Morgan fingerprint density at radius 3 is 2.42 bits per heavy atom. The number of benzene rings is 1. The number of aliphatic hydroxyl groups excluding tert-OH is 1. The number of primary amides is 1. The average molecular weight is 426 g/mol. The number of anilines is 4. The van der Waals surface area contributed by atoms with Gasteiger partial charge in [-0.15, -0.1) is 0 Å². The molecule has 1 aliphatic carbocycles. The van der Waals surface area contributed by atoms with Crippen LogP contribution in [0.3, 0.4) is 0 Å². The lowest BCUT2D eigenvalue weighted by atomic mass is 9.93. The van der Waals surface area contributed by atoms with Crippen molar-refractivity contribution in [1.29, 1.82) is 0 Å². The molecule has 9 heteroatoms. The minimum Gasteiger partial charge on any atom is -0.393 e. The van der Waals surface area contributed by atoms with Gasteiger partial charge in [0.25, 0.3) is 5.91 Å². The van der Waals surface area contributed by atoms with Crippen molar-refractivity contribution >= 4 is 28.9 Å². The number of aromatic nitrogens is 2. The Kier molecular flexibility index (Phi) is 6.53. The van der Waals surface area contributed by atoms with E-state index in [4.69, 9.17) is 5.73 Å². The first-order valence-electron chi connectivity index (χ1n) is 10.9. The zero-order valence-corrected chi connectivity index (χ0v) is 17.9. The molecule has 1 aliphatic heterocycles. The van der Waals surface area contributed by atoms with Gasteiger partial charge in [-0.1, -0.05) is 0 Å². The van der Waals surface area contributed by atoms with Gasteiger partial charge in [-0.05, 0) is 57.0 Å². The Bertz CT molecular complexity index is 889. The summed E-state index contributed by atoms with van der Waals surface area (Å²) in [5.74, 6) is 0.292. The van der Waals surface area contributed by atoms with Crippen LogP contribution in [0.5, 0.6) is 0 Å². The van der Waals surface area contributed by atoms with E-state index in [0.29, 0.717) is 11.6 Å². The summed E-state index contributed by atoms with van der Waals surface area (Å²) in [6.45, 7) is 4.12. The van der Waals surface area contributed by atoms with Crippen LogP contribution in [0.15, 0.2) is 30.5 Å². The van der Waals surface area contributed by atoms with E-state index >= 15 is 0 Å². The maximum absolute atomic E-state index is 11.9. The normalized spacial score (nSPS) is 22.2. The molecular weight excluding hydrogens is 394 g/mol. The molecule has 2 heterocycles. The summed E-state index contributed by atoms with van der Waals surface area (Å²) in [6.07, 6.45) is 4.61. The zero-order chi connectivity index (χ0) is 21.8. The minimum absolute atomic E-state index is 0.104. The van der Waals surface area contributed by atoms with Crippen molar-refractivity contribution in [2.24, 2.45) is 5.73 Å². The predicted molar refractivity (Wildman–Crippen MR) is 122 cm³/mol. The van der Waals surface area contributed by atoms with E-state index in [-0.39, 0.29) is 17.8 Å². The van der Waals surface area contributed by atoms with Crippen LogP contribution in [0.4, 0.5) is 23.0 Å². The monoisotopic (exact) mass is 425 g/mol. The number of rotatable bonds is 6. The number of nitrogens with zero attached hydrogens (tertiary/aromatic N) is 4. The van der Waals surface area contributed by atoms with E-state index in [1.165, 1.54) is 11.9 Å². The molecule has 0 bridgehead atoms. The number of nitrogens with two attached hydrogens (primary N) is 1. The van der Waals surface area contributed by atoms with Gasteiger partial charge >= 0.3 is 0 Å². The number of amides is 1. The molecule has 4 rings (SSSR count). The molecule has 1 aromatic heterocycles. The molecule has 2 aliphatic rings. The number of piperazine rings is 1. The third-order valence-electron chi connectivity index (χ3n) is 6.05. The predicted octanol–water partition coefficient (Wildman–Crippen LogP) is 1.79. The average Bonchev–Trinajstić information content (AvgIpc) is 2.76. The number of hydrogen-bond donors (Lipinski definition) is 4. The van der Waals surface area contributed by atoms with Crippen LogP contribution in [0.2, 0.25) is 0 Å². The van der Waals surface area contributed by atoms with Crippen molar-refractivity contribution in [1.82, 2.24) is 14.9 Å². The summed E-state index contributed by atoms with van der Waals surface area (Å²) in [5, 5.41) is 16.2. The second-order valence-corrected chi connectivity index (χ2v) is 8.43. The molecule has 166 valence electrons. The van der Waals surface area contributed by atoms with Crippen LogP contribution in [0.25, 0.3) is 0 Å². The fourth-order valence-electron chi connectivity index (χ4n) is 4.11. The first kappa shape index (κ1) is 21.3. The maximum atomic E-state index is 11.9. The fourth-order valence-corrected chi connectivity index (χ4v) is 4.11. The van der Waals surface area contributed by atoms with Crippen LogP contribution in [0.1, 0.15) is 36.2 Å². The molecule has 5 N–H and O–H groups in total. The Morgan fingerprint density at radius 1 is 1.10 bits per heavy atom. The van der Waals surface area contributed by atoms with Crippen molar-refractivity contribution < 1.29 is 9.90 Å². The Hall–Kier alpha value is -2.91. The van der Waals surface area contributed by atoms with Gasteiger partial charge in [0.05, 0.1) is 12.3 Å². The summed E-state index contributed by atoms with van der Waals surface area (Å²) >= 11 is 0. The number of likely N-dealkylation sites (N-methyl/N-ethyl adjacent to an activating group) is 1. The zero-order valence-electron chi connectivity index (χ0n) is 17.9. The number of carbonyl (C=O) groups is 1. The summed E-state index contributed by atoms with van der Waals surface area (Å²) < 4.78 is 0. The quantitative estimate of drug-likeness (QED) is 0.553. The first-order chi connectivity index (χ1) is 15.0. The molecule has 9 nitrogen and oxygen atoms in total. The Balaban J connectivity index is 1.46. The summed E-state index contributed by atoms with van der Waals surface area (Å²) in [6, 6.07) is 8.32. The van der Waals surface area contributed by atoms with Gasteiger partial charge in [0.1, 0.15) is 5.82 Å². The lowest BCUT2D eigenvalue weighted by Crippen LogP contribution is -2.44. The van der Waals surface area contributed by atoms with Gasteiger partial charge in [-0.2, -0.15) is 0 Å². The van der Waals surface area contributed by atoms with E-state index in [0.717, 1.165) is 57.5 Å². The van der Waals surface area contributed by atoms with Crippen LogP contribution >= 0.6 is 0 Å². The van der Waals surface area contributed by atoms with Crippen LogP contribution in [0, 0.1) is 0 Å². The number of carbonyl (C=O) groups excluding carboxylic acids is 1. The van der Waals surface area contributed by atoms with Gasteiger partial charge in [-0.25, -0.2) is 9.97 Å². The van der Waals surface area contributed by atoms with Crippen LogP contribution < -0.4 is 21.3 Å². The highest BCUT2D eigenvalue weighted by Crippen LogP contribution is 2.25. The van der Waals surface area contributed by atoms with E-state index in [1.54, 1.807) is 0 Å². The molecule has 31 heavy (non-hydrogen) atoms. The highest BCUT2D eigenvalue weighted by molar-refractivity contribution is 5.96. The van der Waals surface area contributed by atoms with Crippen LogP contribution in [-0.4, -0.2) is 71.3 Å². The lowest BCUT2D eigenvalue weighted by Gasteiger charge is -2.34. The molecule has 0 atom stereocenters. The molecular formula is C22H31N7O2. The van der Waals surface area contributed by atoms with E-state index in [2.05, 4.69) is 49.6 Å². The maximum Gasteiger partial charge on any atom is 0.271 e. The fraction of sp³-hybridized carbons (Fsp3) is 0.500. The van der Waals surface area contributed by atoms with Gasteiger partial charge < -0.3 is 31.3 Å². The molecule has 1 amide bonds. The summed E-state index contributed by atoms with van der Waals surface area (Å²) in [7, 11) is 2.14. The molecule has 2 fully saturated rings. The third kappa shape index (κ3) is 5.42. The second kappa shape index (κ2) is 9.49. The molecule has 0 radical (unpaired) electrons. The standard InChI is InChI=1S/C22H31N7O2/c1-28-10-12-29(13-11-28)17-6-2-16(3-7-17)26-22-20(21(23)31)24-14-19(27-22)25-15-4-8-18(30)9-5-15/h2-3,6-7,14-15,18,30H,4-5,8-13H2,1H3,(H2,23,31)(H2,25,26,27)/t15-,18-. The van der Waals surface area contributed by atoms with Crippen molar-refractivity contribution in [2.75, 3.05) is 48.8 Å². The van der Waals surface area contributed by atoms with Gasteiger partial charge in [-0.3, -0.25) is 4.79 Å². The highest BCUT2D eigenvalue weighted by Gasteiger charge is 2.21. The van der Waals surface area contributed by atoms with Crippen molar-refractivity contribution in [3.8, 4) is 0 Å². The van der Waals surface area contributed by atoms with Crippen molar-refractivity contribution in [2.45, 2.75) is 37.8 Å². The van der Waals surface area contributed by atoms with Gasteiger partial charge in [0, 0.05) is 43.6 Å². The number of hydrogen-bond acceptors (Lipinski definition) is 8. The van der Waals surface area contributed by atoms with Gasteiger partial charge in [0.2, 0.25) is 0 Å². The van der Waals surface area contributed by atoms with E-state index < -0.39 is 5.91 Å². The number of aliphatic hydroxyl groups is 1. The minimum atomic E-state index is -0.628. The SMILES string of the molecule is CN1CCN(c2ccc(Nc3nc(N[C@H]4CC[C@H](O)CC4)cnc3C(N)=O)cc2)CC1. The Morgan fingerprint density at radius 2 is 1.77 bits per heavy atom. The lowest BCUT2D eigenvalue weighted by molar-refractivity contribution is 0.0996. The molecule has 2 aromatic rings. The molecule has 0 unspecified atom stereocenters. The van der Waals surface area contributed by atoms with Crippen LogP contribution in [-0.2, 0) is 0 Å². The second-order valence-electron chi connectivity index (χ2n) is 8.43. The molecule has 1 saturated heterocycles. The smallest absolute Gasteiger partial charge is 0.271 e. The number of nitrogens with one attached hydrogen (secondary N) is 2. The highest BCUT2D eigenvalue weighted by atomic mass is 16.3. The Labute approximate surface area is 182 Å². The first-order valence-corrected chi connectivity index (χ1v) is 10.9. The third-order valence-corrected chi connectivity index (χ3v) is 6.05. The molecule has 0 spiro atoms. The molecule has 1 aromatic carbocycles. The van der Waals surface area contributed by atoms with Crippen molar-refractivity contribution in [3.05, 3.63) is 36.2 Å². The van der Waals surface area contributed by atoms with Crippen molar-refractivity contribution in [3.63, 3.8) is 0 Å².